The van der Waals surface area contributed by atoms with Crippen molar-refractivity contribution in [1.82, 2.24) is 5.32 Å². The molecule has 0 saturated carbocycles. The van der Waals surface area contributed by atoms with E-state index in [1.807, 2.05) is 0 Å². The minimum atomic E-state index is -0.386. The van der Waals surface area contributed by atoms with Gasteiger partial charge >= 0.3 is 0 Å². The van der Waals surface area contributed by atoms with Crippen LogP contribution in [0, 0.1) is 0 Å². The molecule has 0 radical (unpaired) electrons. The molecule has 0 aromatic heterocycles. The van der Waals surface area contributed by atoms with Crippen molar-refractivity contribution in [2.24, 2.45) is 0 Å². The van der Waals surface area contributed by atoms with Crippen molar-refractivity contribution in [3.05, 3.63) is 23.3 Å². The Labute approximate surface area is 98.7 Å². The highest BCUT2D eigenvalue weighted by molar-refractivity contribution is 6.07. The lowest BCUT2D eigenvalue weighted by atomic mass is 10.0. The standard InChI is InChI=1S/C12H13NO4/c1-16-9-5-7-3-4-11(14)13-12(15)8(7)6-10(9)17-2/h5-6H,3-4H2,1-2H3,(H,13,14,15). The number of methoxy groups -OCH3 is 2. The Morgan fingerprint density at radius 3 is 2.35 bits per heavy atom. The van der Waals surface area contributed by atoms with E-state index in [0.717, 1.165) is 5.56 Å². The third-order valence-corrected chi connectivity index (χ3v) is 2.73. The molecule has 5 nitrogen and oxygen atoms in total. The highest BCUT2D eigenvalue weighted by atomic mass is 16.5. The molecule has 2 amide bonds. The molecule has 1 aliphatic heterocycles. The van der Waals surface area contributed by atoms with E-state index >= 15 is 0 Å². The Bertz CT molecular complexity index is 482. The zero-order chi connectivity index (χ0) is 12.4. The summed E-state index contributed by atoms with van der Waals surface area (Å²) in [5.41, 5.74) is 1.26. The molecule has 90 valence electrons. The van der Waals surface area contributed by atoms with Crippen LogP contribution in [-0.2, 0) is 11.2 Å². The first kappa shape index (κ1) is 11.4. The van der Waals surface area contributed by atoms with Crippen LogP contribution in [0.1, 0.15) is 22.3 Å². The van der Waals surface area contributed by atoms with Gasteiger partial charge in [0, 0.05) is 12.0 Å². The fraction of sp³-hybridized carbons (Fsp3) is 0.333. The van der Waals surface area contributed by atoms with Crippen molar-refractivity contribution in [2.75, 3.05) is 14.2 Å². The normalized spacial score (nSPS) is 14.7. The molecule has 1 heterocycles. The highest BCUT2D eigenvalue weighted by Gasteiger charge is 2.22. The van der Waals surface area contributed by atoms with Gasteiger partial charge in [0.25, 0.3) is 5.91 Å². The van der Waals surface area contributed by atoms with Crippen molar-refractivity contribution in [1.29, 1.82) is 0 Å². The largest absolute Gasteiger partial charge is 0.493 e. The van der Waals surface area contributed by atoms with E-state index in [2.05, 4.69) is 5.32 Å². The van der Waals surface area contributed by atoms with Crippen LogP contribution in [0.2, 0.25) is 0 Å². The van der Waals surface area contributed by atoms with E-state index in [1.54, 1.807) is 12.1 Å². The number of benzene rings is 1. The van der Waals surface area contributed by atoms with Gasteiger partial charge in [0.2, 0.25) is 5.91 Å². The van der Waals surface area contributed by atoms with E-state index < -0.39 is 0 Å². The summed E-state index contributed by atoms with van der Waals surface area (Å²) in [7, 11) is 3.04. The molecule has 17 heavy (non-hydrogen) atoms. The average molecular weight is 235 g/mol. The Kier molecular flexibility index (Phi) is 2.99. The van der Waals surface area contributed by atoms with Gasteiger partial charge in [-0.2, -0.15) is 0 Å². The molecular weight excluding hydrogens is 222 g/mol. The maximum Gasteiger partial charge on any atom is 0.258 e. The molecule has 1 N–H and O–H groups in total. The molecule has 0 aliphatic carbocycles. The van der Waals surface area contributed by atoms with Crippen molar-refractivity contribution >= 4 is 11.8 Å². The van der Waals surface area contributed by atoms with Crippen LogP contribution in [0.4, 0.5) is 0 Å². The molecular formula is C12H13NO4. The van der Waals surface area contributed by atoms with E-state index in [1.165, 1.54) is 14.2 Å². The SMILES string of the molecule is COc1cc2c(cc1OC)C(=O)NC(=O)CC2. The highest BCUT2D eigenvalue weighted by Crippen LogP contribution is 2.31. The van der Waals surface area contributed by atoms with Crippen LogP contribution >= 0.6 is 0 Å². The number of ether oxygens (including phenoxy) is 2. The van der Waals surface area contributed by atoms with Gasteiger partial charge in [0.05, 0.1) is 14.2 Å². The van der Waals surface area contributed by atoms with Gasteiger partial charge in [0.1, 0.15) is 0 Å². The summed E-state index contributed by atoms with van der Waals surface area (Å²) in [6.07, 6.45) is 0.821. The van der Waals surface area contributed by atoms with Crippen molar-refractivity contribution in [3.8, 4) is 11.5 Å². The molecule has 1 aliphatic rings. The molecule has 0 saturated heterocycles. The molecule has 1 aromatic carbocycles. The zero-order valence-electron chi connectivity index (χ0n) is 9.70. The van der Waals surface area contributed by atoms with Gasteiger partial charge < -0.3 is 9.47 Å². The third kappa shape index (κ3) is 2.08. The van der Waals surface area contributed by atoms with Crippen molar-refractivity contribution < 1.29 is 19.1 Å². The molecule has 5 heteroatoms. The zero-order valence-corrected chi connectivity index (χ0v) is 9.70. The van der Waals surface area contributed by atoms with Crippen LogP contribution in [0.3, 0.4) is 0 Å². The lowest BCUT2D eigenvalue weighted by Crippen LogP contribution is -2.28. The molecule has 0 atom stereocenters. The summed E-state index contributed by atoms with van der Waals surface area (Å²) in [5.74, 6) is 0.400. The average Bonchev–Trinajstić information content (AvgIpc) is 2.47. The van der Waals surface area contributed by atoms with Crippen LogP contribution < -0.4 is 14.8 Å². The number of rotatable bonds is 2. The van der Waals surface area contributed by atoms with E-state index in [4.69, 9.17) is 9.47 Å². The lowest BCUT2D eigenvalue weighted by Gasteiger charge is -2.11. The summed E-state index contributed by atoms with van der Waals surface area (Å²) in [5, 5.41) is 2.31. The summed E-state index contributed by atoms with van der Waals surface area (Å²) < 4.78 is 10.3. The predicted octanol–water partition coefficient (Wildman–Crippen LogP) is 0.906. The Balaban J connectivity index is 2.52. The fourth-order valence-electron chi connectivity index (χ4n) is 1.84. The summed E-state index contributed by atoms with van der Waals surface area (Å²) >= 11 is 0. The quantitative estimate of drug-likeness (QED) is 0.774. The van der Waals surface area contributed by atoms with Crippen molar-refractivity contribution in [3.63, 3.8) is 0 Å². The van der Waals surface area contributed by atoms with Gasteiger partial charge in [-0.25, -0.2) is 0 Å². The summed E-state index contributed by atoms with van der Waals surface area (Å²) in [6.45, 7) is 0. The van der Waals surface area contributed by atoms with Gasteiger partial charge in [0.15, 0.2) is 11.5 Å². The number of imide groups is 1. The van der Waals surface area contributed by atoms with Gasteiger partial charge in [-0.3, -0.25) is 14.9 Å². The van der Waals surface area contributed by atoms with Crippen LogP contribution in [0.5, 0.6) is 11.5 Å². The first-order chi connectivity index (χ1) is 8.15. The first-order valence-electron chi connectivity index (χ1n) is 5.24. The van der Waals surface area contributed by atoms with Crippen LogP contribution in [0.15, 0.2) is 12.1 Å². The van der Waals surface area contributed by atoms with E-state index in [-0.39, 0.29) is 11.8 Å². The van der Waals surface area contributed by atoms with Crippen LogP contribution in [0.25, 0.3) is 0 Å². The number of amides is 2. The topological polar surface area (TPSA) is 64.6 Å². The smallest absolute Gasteiger partial charge is 0.258 e. The maximum atomic E-state index is 11.8. The van der Waals surface area contributed by atoms with Crippen LogP contribution in [-0.4, -0.2) is 26.0 Å². The second-order valence-corrected chi connectivity index (χ2v) is 3.74. The van der Waals surface area contributed by atoms with Gasteiger partial charge in [-0.15, -0.1) is 0 Å². The summed E-state index contributed by atoms with van der Waals surface area (Å²) in [6, 6.07) is 3.34. The molecule has 0 spiro atoms. The Morgan fingerprint density at radius 1 is 1.06 bits per heavy atom. The lowest BCUT2D eigenvalue weighted by molar-refractivity contribution is -0.119. The van der Waals surface area contributed by atoms with Gasteiger partial charge in [-0.1, -0.05) is 0 Å². The van der Waals surface area contributed by atoms with E-state index in [0.29, 0.717) is 29.9 Å². The Hall–Kier alpha value is -2.04. The number of hydrogen-bond donors (Lipinski definition) is 1. The molecule has 0 unspecified atom stereocenters. The number of fused-ring (bicyclic) bond motifs is 1. The number of aryl methyl sites for hydroxylation is 1. The second kappa shape index (κ2) is 4.45. The van der Waals surface area contributed by atoms with Crippen molar-refractivity contribution in [2.45, 2.75) is 12.8 Å². The van der Waals surface area contributed by atoms with Gasteiger partial charge in [-0.05, 0) is 24.1 Å². The number of hydrogen-bond acceptors (Lipinski definition) is 4. The minimum absolute atomic E-state index is 0.260. The first-order valence-corrected chi connectivity index (χ1v) is 5.24. The number of carbonyl (C=O) groups excluding carboxylic acids is 2. The monoisotopic (exact) mass is 235 g/mol. The number of carbonyl (C=O) groups is 2. The molecule has 2 rings (SSSR count). The second-order valence-electron chi connectivity index (χ2n) is 3.74. The predicted molar refractivity (Wildman–Crippen MR) is 60.3 cm³/mol. The number of nitrogens with one attached hydrogen (secondary N) is 1. The summed E-state index contributed by atoms with van der Waals surface area (Å²) in [4.78, 5) is 23.0. The molecule has 0 bridgehead atoms. The Morgan fingerprint density at radius 2 is 1.71 bits per heavy atom. The minimum Gasteiger partial charge on any atom is -0.493 e. The maximum absolute atomic E-state index is 11.8. The molecule has 1 aromatic rings. The van der Waals surface area contributed by atoms with E-state index in [9.17, 15) is 9.59 Å². The third-order valence-electron chi connectivity index (χ3n) is 2.73. The fourth-order valence-corrected chi connectivity index (χ4v) is 1.84. The molecule has 0 fully saturated rings.